The number of carbonyl (C=O) groups is 1. The number of hydrogen-bond acceptors (Lipinski definition) is 2. The van der Waals surface area contributed by atoms with Gasteiger partial charge in [-0.2, -0.15) is 0 Å². The van der Waals surface area contributed by atoms with Gasteiger partial charge in [0.2, 0.25) is 0 Å². The SMILES string of the molecule is C#CC(C)Oc1cc(C)c(F)cc1C(C)=O. The van der Waals surface area contributed by atoms with E-state index in [1.54, 1.807) is 13.8 Å². The molecule has 1 atom stereocenters. The first-order valence-electron chi connectivity index (χ1n) is 4.89. The van der Waals surface area contributed by atoms with Crippen LogP contribution >= 0.6 is 0 Å². The maximum atomic E-state index is 13.3. The average molecular weight is 220 g/mol. The molecule has 0 heterocycles. The molecule has 1 unspecified atom stereocenters. The Kier molecular flexibility index (Phi) is 3.68. The lowest BCUT2D eigenvalue weighted by Crippen LogP contribution is -2.11. The normalized spacial score (nSPS) is 11.7. The molecular weight excluding hydrogens is 207 g/mol. The fourth-order valence-corrected chi connectivity index (χ4v) is 1.25. The van der Waals surface area contributed by atoms with Gasteiger partial charge in [-0.3, -0.25) is 4.79 Å². The van der Waals surface area contributed by atoms with Gasteiger partial charge in [-0.25, -0.2) is 4.39 Å². The van der Waals surface area contributed by atoms with E-state index >= 15 is 0 Å². The van der Waals surface area contributed by atoms with Crippen molar-refractivity contribution in [1.82, 2.24) is 0 Å². The topological polar surface area (TPSA) is 26.3 Å². The number of ketones is 1. The van der Waals surface area contributed by atoms with Crippen molar-refractivity contribution < 1.29 is 13.9 Å². The van der Waals surface area contributed by atoms with Crippen LogP contribution in [0.25, 0.3) is 0 Å². The Bertz CT molecular complexity index is 458. The van der Waals surface area contributed by atoms with E-state index in [-0.39, 0.29) is 11.3 Å². The predicted molar refractivity (Wildman–Crippen MR) is 60.1 cm³/mol. The summed E-state index contributed by atoms with van der Waals surface area (Å²) < 4.78 is 18.7. The lowest BCUT2D eigenvalue weighted by Gasteiger charge is -2.13. The van der Waals surface area contributed by atoms with Crippen LogP contribution in [-0.4, -0.2) is 11.9 Å². The number of carbonyl (C=O) groups excluding carboxylic acids is 1. The molecule has 2 nitrogen and oxygen atoms in total. The van der Waals surface area contributed by atoms with Crippen LogP contribution < -0.4 is 4.74 Å². The highest BCUT2D eigenvalue weighted by Gasteiger charge is 2.13. The number of hydrogen-bond donors (Lipinski definition) is 0. The quantitative estimate of drug-likeness (QED) is 0.578. The predicted octanol–water partition coefficient (Wildman–Crippen LogP) is 2.74. The third-order valence-corrected chi connectivity index (χ3v) is 2.18. The number of aryl methyl sites for hydroxylation is 1. The summed E-state index contributed by atoms with van der Waals surface area (Å²) in [5.74, 6) is 2.04. The highest BCUT2D eigenvalue weighted by Crippen LogP contribution is 2.24. The van der Waals surface area contributed by atoms with E-state index in [2.05, 4.69) is 5.92 Å². The Morgan fingerprint density at radius 3 is 2.69 bits per heavy atom. The first-order chi connectivity index (χ1) is 7.45. The highest BCUT2D eigenvalue weighted by atomic mass is 19.1. The van der Waals surface area contributed by atoms with Crippen LogP contribution in [0.15, 0.2) is 12.1 Å². The average Bonchev–Trinajstić information content (AvgIpc) is 2.22. The van der Waals surface area contributed by atoms with Gasteiger partial charge in [-0.1, -0.05) is 5.92 Å². The largest absolute Gasteiger partial charge is 0.477 e. The van der Waals surface area contributed by atoms with Crippen molar-refractivity contribution in [3.63, 3.8) is 0 Å². The van der Waals surface area contributed by atoms with Gasteiger partial charge in [-0.15, -0.1) is 6.42 Å². The Hall–Kier alpha value is -1.82. The Morgan fingerprint density at radius 2 is 2.19 bits per heavy atom. The lowest BCUT2D eigenvalue weighted by molar-refractivity contribution is 0.101. The van der Waals surface area contributed by atoms with Crippen LogP contribution in [-0.2, 0) is 0 Å². The van der Waals surface area contributed by atoms with Crippen LogP contribution in [0.4, 0.5) is 4.39 Å². The van der Waals surface area contributed by atoms with Crippen molar-refractivity contribution in [2.24, 2.45) is 0 Å². The molecule has 0 aromatic heterocycles. The zero-order chi connectivity index (χ0) is 12.3. The monoisotopic (exact) mass is 220 g/mol. The summed E-state index contributed by atoms with van der Waals surface area (Å²) in [4.78, 5) is 11.3. The number of rotatable bonds is 3. The molecular formula is C13H13FO2. The van der Waals surface area contributed by atoms with Gasteiger partial charge in [0, 0.05) is 0 Å². The molecule has 3 heteroatoms. The molecule has 0 radical (unpaired) electrons. The molecule has 0 aliphatic carbocycles. The summed E-state index contributed by atoms with van der Waals surface area (Å²) in [6.07, 6.45) is 4.72. The van der Waals surface area contributed by atoms with Gasteiger partial charge in [0.15, 0.2) is 11.9 Å². The molecule has 84 valence electrons. The number of terminal acetylenes is 1. The third-order valence-electron chi connectivity index (χ3n) is 2.18. The van der Waals surface area contributed by atoms with Gasteiger partial charge in [0.05, 0.1) is 5.56 Å². The molecule has 16 heavy (non-hydrogen) atoms. The number of halogens is 1. The van der Waals surface area contributed by atoms with Crippen molar-refractivity contribution in [3.8, 4) is 18.1 Å². The van der Waals surface area contributed by atoms with Crippen LogP contribution in [0.1, 0.15) is 29.8 Å². The highest BCUT2D eigenvalue weighted by molar-refractivity contribution is 5.96. The Morgan fingerprint density at radius 1 is 1.56 bits per heavy atom. The zero-order valence-electron chi connectivity index (χ0n) is 9.50. The van der Waals surface area contributed by atoms with Crippen LogP contribution in [0.3, 0.4) is 0 Å². The molecule has 0 amide bonds. The van der Waals surface area contributed by atoms with E-state index in [0.717, 1.165) is 0 Å². The summed E-state index contributed by atoms with van der Waals surface area (Å²) in [6, 6.07) is 2.66. The maximum absolute atomic E-state index is 13.3. The van der Waals surface area contributed by atoms with E-state index in [9.17, 15) is 9.18 Å². The molecule has 0 spiro atoms. The van der Waals surface area contributed by atoms with E-state index in [0.29, 0.717) is 11.3 Å². The molecule has 0 saturated heterocycles. The van der Waals surface area contributed by atoms with Gasteiger partial charge < -0.3 is 4.74 Å². The minimum Gasteiger partial charge on any atom is -0.477 e. The Labute approximate surface area is 94.4 Å². The van der Waals surface area contributed by atoms with Crippen LogP contribution in [0.2, 0.25) is 0 Å². The van der Waals surface area contributed by atoms with Gasteiger partial charge in [-0.05, 0) is 38.5 Å². The Balaban J connectivity index is 3.21. The minimum atomic E-state index is -0.456. The van der Waals surface area contributed by atoms with Gasteiger partial charge in [0.25, 0.3) is 0 Å². The van der Waals surface area contributed by atoms with Crippen molar-refractivity contribution in [3.05, 3.63) is 29.1 Å². The van der Waals surface area contributed by atoms with Crippen molar-refractivity contribution in [1.29, 1.82) is 0 Å². The summed E-state index contributed by atoms with van der Waals surface area (Å²) >= 11 is 0. The van der Waals surface area contributed by atoms with E-state index < -0.39 is 11.9 Å². The molecule has 0 bridgehead atoms. The number of ether oxygens (including phenoxy) is 1. The van der Waals surface area contributed by atoms with E-state index in [1.165, 1.54) is 19.1 Å². The molecule has 0 aliphatic rings. The zero-order valence-corrected chi connectivity index (χ0v) is 9.50. The minimum absolute atomic E-state index is 0.213. The smallest absolute Gasteiger partial charge is 0.163 e. The van der Waals surface area contributed by atoms with Crippen LogP contribution in [0, 0.1) is 25.1 Å². The number of Topliss-reactive ketones (excluding diaryl/α,β-unsaturated/α-hetero) is 1. The lowest BCUT2D eigenvalue weighted by atomic mass is 10.1. The second-order valence-electron chi connectivity index (χ2n) is 3.58. The molecule has 1 aromatic carbocycles. The summed E-state index contributed by atoms with van der Waals surface area (Å²) in [5.41, 5.74) is 0.634. The van der Waals surface area contributed by atoms with E-state index in [4.69, 9.17) is 11.2 Å². The third kappa shape index (κ3) is 2.60. The standard InChI is InChI=1S/C13H13FO2/c1-5-9(3)16-13-6-8(2)12(14)7-11(13)10(4)15/h1,6-7,9H,2-4H3. The molecule has 0 fully saturated rings. The van der Waals surface area contributed by atoms with Crippen molar-refractivity contribution in [2.45, 2.75) is 26.9 Å². The number of benzene rings is 1. The molecule has 0 saturated carbocycles. The van der Waals surface area contributed by atoms with Crippen LogP contribution in [0.5, 0.6) is 5.75 Å². The summed E-state index contributed by atoms with van der Waals surface area (Å²) in [6.45, 7) is 4.65. The van der Waals surface area contributed by atoms with E-state index in [1.807, 2.05) is 0 Å². The molecule has 0 aliphatic heterocycles. The molecule has 1 rings (SSSR count). The first kappa shape index (κ1) is 12.3. The molecule has 0 N–H and O–H groups in total. The fourth-order valence-electron chi connectivity index (χ4n) is 1.25. The van der Waals surface area contributed by atoms with Gasteiger partial charge in [0.1, 0.15) is 11.6 Å². The summed E-state index contributed by atoms with van der Waals surface area (Å²) in [7, 11) is 0. The summed E-state index contributed by atoms with van der Waals surface area (Å²) in [5, 5.41) is 0. The van der Waals surface area contributed by atoms with Crippen molar-refractivity contribution in [2.75, 3.05) is 0 Å². The van der Waals surface area contributed by atoms with Crippen molar-refractivity contribution >= 4 is 5.78 Å². The second kappa shape index (κ2) is 4.80. The van der Waals surface area contributed by atoms with Gasteiger partial charge >= 0.3 is 0 Å². The fraction of sp³-hybridized carbons (Fsp3) is 0.308. The first-order valence-corrected chi connectivity index (χ1v) is 4.89. The maximum Gasteiger partial charge on any atom is 0.163 e. The molecule has 1 aromatic rings. The second-order valence-corrected chi connectivity index (χ2v) is 3.58.